The highest BCUT2D eigenvalue weighted by Gasteiger charge is 2.25. The van der Waals surface area contributed by atoms with E-state index in [1.54, 1.807) is 4.68 Å². The van der Waals surface area contributed by atoms with Crippen LogP contribution in [0.2, 0.25) is 0 Å². The number of aromatic nitrogens is 4. The normalized spacial score (nSPS) is 18.8. The Morgan fingerprint density at radius 2 is 2.18 bits per heavy atom. The molecule has 1 atom stereocenters. The number of aryl methyl sites for hydroxylation is 1. The Labute approximate surface area is 170 Å². The number of rotatable bonds is 7. The van der Waals surface area contributed by atoms with Gasteiger partial charge in [0.15, 0.2) is 0 Å². The van der Waals surface area contributed by atoms with Crippen LogP contribution in [0.4, 0.5) is 5.00 Å². The molecule has 2 aliphatic rings. The molecular formula is C17H22N6O3S2. The SMILES string of the molecule is NC(=O)c1c(NC(=O)CSc2nnnn2C[C@H]2CCCO2)sc2c1CCCC2. The van der Waals surface area contributed by atoms with Gasteiger partial charge < -0.3 is 15.8 Å². The van der Waals surface area contributed by atoms with Crippen LogP contribution < -0.4 is 11.1 Å². The highest BCUT2D eigenvalue weighted by atomic mass is 32.2. The van der Waals surface area contributed by atoms with E-state index in [2.05, 4.69) is 20.8 Å². The van der Waals surface area contributed by atoms with Crippen LogP contribution >= 0.6 is 23.1 Å². The summed E-state index contributed by atoms with van der Waals surface area (Å²) in [4.78, 5) is 25.5. The molecule has 3 N–H and O–H groups in total. The summed E-state index contributed by atoms with van der Waals surface area (Å²) in [5.74, 6) is -0.548. The van der Waals surface area contributed by atoms with Gasteiger partial charge in [-0.05, 0) is 54.5 Å². The van der Waals surface area contributed by atoms with Crippen LogP contribution in [-0.4, -0.2) is 50.5 Å². The number of nitrogens with one attached hydrogen (secondary N) is 1. The number of tetrazole rings is 1. The molecule has 9 nitrogen and oxygen atoms in total. The summed E-state index contributed by atoms with van der Waals surface area (Å²) >= 11 is 2.72. The number of hydrogen-bond donors (Lipinski definition) is 2. The molecule has 150 valence electrons. The van der Waals surface area contributed by atoms with Crippen molar-refractivity contribution in [2.45, 2.75) is 56.3 Å². The van der Waals surface area contributed by atoms with Gasteiger partial charge in [0.2, 0.25) is 11.1 Å². The molecule has 4 rings (SSSR count). The lowest BCUT2D eigenvalue weighted by molar-refractivity contribution is -0.113. The number of nitrogens with zero attached hydrogens (tertiary/aromatic N) is 4. The topological polar surface area (TPSA) is 125 Å². The lowest BCUT2D eigenvalue weighted by Gasteiger charge is -2.11. The van der Waals surface area contributed by atoms with Crippen LogP contribution in [0, 0.1) is 0 Å². The van der Waals surface area contributed by atoms with Crippen LogP contribution in [-0.2, 0) is 28.9 Å². The highest BCUT2D eigenvalue weighted by molar-refractivity contribution is 7.99. The van der Waals surface area contributed by atoms with E-state index in [-0.39, 0.29) is 17.8 Å². The Bertz CT molecular complexity index is 874. The van der Waals surface area contributed by atoms with Gasteiger partial charge in [-0.3, -0.25) is 9.59 Å². The van der Waals surface area contributed by atoms with E-state index in [1.165, 1.54) is 23.1 Å². The fourth-order valence-corrected chi connectivity index (χ4v) is 5.60. The van der Waals surface area contributed by atoms with Crippen molar-refractivity contribution in [1.82, 2.24) is 20.2 Å². The number of nitrogens with two attached hydrogens (primary N) is 1. The number of fused-ring (bicyclic) bond motifs is 1. The number of thiophene rings is 1. The average Bonchev–Trinajstić information content (AvgIpc) is 3.39. The predicted octanol–water partition coefficient (Wildman–Crippen LogP) is 1.62. The summed E-state index contributed by atoms with van der Waals surface area (Å²) in [7, 11) is 0. The molecule has 2 aromatic rings. The summed E-state index contributed by atoms with van der Waals surface area (Å²) in [5, 5.41) is 15.7. The monoisotopic (exact) mass is 422 g/mol. The van der Waals surface area contributed by atoms with E-state index in [1.807, 2.05) is 0 Å². The predicted molar refractivity (Wildman–Crippen MR) is 106 cm³/mol. The first-order chi connectivity index (χ1) is 13.6. The van der Waals surface area contributed by atoms with Crippen LogP contribution in [0.1, 0.15) is 46.5 Å². The first kappa shape index (κ1) is 19.3. The van der Waals surface area contributed by atoms with Crippen molar-refractivity contribution >= 4 is 39.9 Å². The lowest BCUT2D eigenvalue weighted by Crippen LogP contribution is -2.20. The molecule has 0 bridgehead atoms. The third kappa shape index (κ3) is 4.20. The maximum atomic E-state index is 12.5. The van der Waals surface area contributed by atoms with Crippen LogP contribution in [0.15, 0.2) is 5.16 Å². The summed E-state index contributed by atoms with van der Waals surface area (Å²) in [6.07, 6.45) is 6.07. The minimum absolute atomic E-state index is 0.118. The molecule has 0 unspecified atom stereocenters. The summed E-state index contributed by atoms with van der Waals surface area (Å²) in [6.45, 7) is 1.35. The minimum Gasteiger partial charge on any atom is -0.376 e. The van der Waals surface area contributed by atoms with Crippen molar-refractivity contribution in [3.8, 4) is 0 Å². The molecule has 0 radical (unpaired) electrons. The van der Waals surface area contributed by atoms with Gasteiger partial charge in [-0.2, -0.15) is 0 Å². The van der Waals surface area contributed by atoms with Gasteiger partial charge in [-0.15, -0.1) is 16.4 Å². The first-order valence-electron chi connectivity index (χ1n) is 9.36. The van der Waals surface area contributed by atoms with Gasteiger partial charge in [-0.1, -0.05) is 11.8 Å². The van der Waals surface area contributed by atoms with Crippen molar-refractivity contribution in [2.24, 2.45) is 5.73 Å². The molecule has 28 heavy (non-hydrogen) atoms. The fourth-order valence-electron chi connectivity index (χ4n) is 3.60. The van der Waals surface area contributed by atoms with E-state index in [4.69, 9.17) is 10.5 Å². The van der Waals surface area contributed by atoms with Gasteiger partial charge in [-0.25, -0.2) is 4.68 Å². The van der Waals surface area contributed by atoms with E-state index in [0.29, 0.717) is 22.3 Å². The zero-order valence-corrected chi connectivity index (χ0v) is 17.0. The van der Waals surface area contributed by atoms with Gasteiger partial charge in [0, 0.05) is 11.5 Å². The van der Waals surface area contributed by atoms with Gasteiger partial charge in [0.1, 0.15) is 5.00 Å². The maximum absolute atomic E-state index is 12.5. The number of amides is 2. The zero-order chi connectivity index (χ0) is 19.5. The molecule has 1 saturated heterocycles. The smallest absolute Gasteiger partial charge is 0.251 e. The molecule has 0 spiro atoms. The molecule has 2 aromatic heterocycles. The lowest BCUT2D eigenvalue weighted by atomic mass is 9.95. The molecule has 3 heterocycles. The Hall–Kier alpha value is -1.98. The third-order valence-corrected chi connectivity index (χ3v) is 7.07. The molecule has 1 aliphatic heterocycles. The minimum atomic E-state index is -0.483. The third-order valence-electron chi connectivity index (χ3n) is 4.90. The van der Waals surface area contributed by atoms with Gasteiger partial charge >= 0.3 is 0 Å². The number of thioether (sulfide) groups is 1. The fraction of sp³-hybridized carbons (Fsp3) is 0.588. The standard InChI is InChI=1S/C17H22N6O3S2/c18-15(25)14-11-5-1-2-6-12(11)28-16(14)19-13(24)9-27-17-20-21-22-23(17)8-10-4-3-7-26-10/h10H,1-9H2,(H2,18,25)(H,19,24)/t10-/m1/s1. The zero-order valence-electron chi connectivity index (χ0n) is 15.3. The molecule has 0 aromatic carbocycles. The van der Waals surface area contributed by atoms with Crippen LogP contribution in [0.5, 0.6) is 0 Å². The summed E-state index contributed by atoms with van der Waals surface area (Å²) in [6, 6.07) is 0. The highest BCUT2D eigenvalue weighted by Crippen LogP contribution is 2.38. The first-order valence-corrected chi connectivity index (χ1v) is 11.2. The Kier molecular flexibility index (Phi) is 5.93. The van der Waals surface area contributed by atoms with Crippen molar-refractivity contribution < 1.29 is 14.3 Å². The van der Waals surface area contributed by atoms with Crippen molar-refractivity contribution in [3.63, 3.8) is 0 Å². The number of hydrogen-bond acceptors (Lipinski definition) is 8. The Morgan fingerprint density at radius 1 is 1.32 bits per heavy atom. The second-order valence-electron chi connectivity index (χ2n) is 6.89. The van der Waals surface area contributed by atoms with Crippen molar-refractivity contribution in [3.05, 3.63) is 16.0 Å². The molecule has 1 fully saturated rings. The second-order valence-corrected chi connectivity index (χ2v) is 8.94. The molecule has 11 heteroatoms. The maximum Gasteiger partial charge on any atom is 0.251 e. The molecular weight excluding hydrogens is 400 g/mol. The second kappa shape index (κ2) is 8.58. The Balaban J connectivity index is 1.39. The average molecular weight is 423 g/mol. The number of carbonyl (C=O) groups excluding carboxylic acids is 2. The van der Waals surface area contributed by atoms with Crippen LogP contribution in [0.3, 0.4) is 0 Å². The number of ether oxygens (including phenoxy) is 1. The van der Waals surface area contributed by atoms with E-state index in [9.17, 15) is 9.59 Å². The van der Waals surface area contributed by atoms with Gasteiger partial charge in [0.05, 0.1) is 24.0 Å². The molecule has 2 amide bonds. The van der Waals surface area contributed by atoms with Crippen molar-refractivity contribution in [1.29, 1.82) is 0 Å². The largest absolute Gasteiger partial charge is 0.376 e. The molecule has 0 saturated carbocycles. The van der Waals surface area contributed by atoms with E-state index in [0.717, 1.165) is 55.6 Å². The van der Waals surface area contributed by atoms with E-state index >= 15 is 0 Å². The van der Waals surface area contributed by atoms with E-state index < -0.39 is 5.91 Å². The Morgan fingerprint density at radius 3 is 2.96 bits per heavy atom. The van der Waals surface area contributed by atoms with Crippen molar-refractivity contribution in [2.75, 3.05) is 17.7 Å². The van der Waals surface area contributed by atoms with Crippen LogP contribution in [0.25, 0.3) is 0 Å². The quantitative estimate of drug-likeness (QED) is 0.650. The number of primary amides is 1. The molecule has 1 aliphatic carbocycles. The summed E-state index contributed by atoms with van der Waals surface area (Å²) < 4.78 is 7.29. The van der Waals surface area contributed by atoms with Gasteiger partial charge in [0.25, 0.3) is 5.91 Å². The summed E-state index contributed by atoms with van der Waals surface area (Å²) in [5.41, 5.74) is 7.06. The number of anilines is 1. The number of carbonyl (C=O) groups is 2.